The third kappa shape index (κ3) is 4.10. The summed E-state index contributed by atoms with van der Waals surface area (Å²) in [4.78, 5) is 35.0. The van der Waals surface area contributed by atoms with Crippen molar-refractivity contribution in [1.82, 2.24) is 4.98 Å². The zero-order valence-electron chi connectivity index (χ0n) is 22.9. The molecule has 0 saturated carbocycles. The van der Waals surface area contributed by atoms with E-state index in [0.29, 0.717) is 40.8 Å². The average molecular weight is 608 g/mol. The Morgan fingerprint density at radius 3 is 2.54 bits per heavy atom. The molecular formula is C34H27BrN2O4. The van der Waals surface area contributed by atoms with Crippen LogP contribution in [0.4, 0.5) is 11.5 Å². The highest BCUT2D eigenvalue weighted by molar-refractivity contribution is 9.10. The van der Waals surface area contributed by atoms with E-state index >= 15 is 0 Å². The summed E-state index contributed by atoms with van der Waals surface area (Å²) in [6.45, 7) is 6.18. The van der Waals surface area contributed by atoms with Gasteiger partial charge in [-0.2, -0.15) is 0 Å². The van der Waals surface area contributed by atoms with E-state index in [0.717, 1.165) is 32.3 Å². The van der Waals surface area contributed by atoms with Crippen molar-refractivity contribution in [2.45, 2.75) is 39.5 Å². The maximum Gasteiger partial charge on any atom is 0.344 e. The van der Waals surface area contributed by atoms with Crippen molar-refractivity contribution < 1.29 is 14.3 Å². The minimum Gasteiger partial charge on any atom is -0.507 e. The predicted octanol–water partition coefficient (Wildman–Crippen LogP) is 8.04. The number of aromatic nitrogens is 1. The van der Waals surface area contributed by atoms with Crippen molar-refractivity contribution in [2.75, 3.05) is 4.90 Å². The van der Waals surface area contributed by atoms with Gasteiger partial charge in [-0.05, 0) is 73.4 Å². The molecule has 0 saturated heterocycles. The Bertz CT molecular complexity index is 2010. The molecule has 0 radical (unpaired) electrons. The molecule has 7 rings (SSSR count). The minimum atomic E-state index is -0.839. The zero-order chi connectivity index (χ0) is 28.6. The largest absolute Gasteiger partial charge is 0.507 e. The first-order valence-corrected chi connectivity index (χ1v) is 14.4. The summed E-state index contributed by atoms with van der Waals surface area (Å²) in [5, 5.41) is 12.9. The van der Waals surface area contributed by atoms with Gasteiger partial charge in [0, 0.05) is 38.8 Å². The molecule has 2 aliphatic rings. The highest BCUT2D eigenvalue weighted by Gasteiger charge is 2.46. The maximum absolute atomic E-state index is 14.1. The van der Waals surface area contributed by atoms with Gasteiger partial charge in [0.25, 0.3) is 0 Å². The van der Waals surface area contributed by atoms with Gasteiger partial charge in [-0.15, -0.1) is 0 Å². The van der Waals surface area contributed by atoms with E-state index < -0.39 is 11.5 Å². The quantitative estimate of drug-likeness (QED) is 0.205. The van der Waals surface area contributed by atoms with E-state index in [-0.39, 0.29) is 22.5 Å². The number of carbonyl (C=O) groups excluding carboxylic acids is 1. The van der Waals surface area contributed by atoms with Crippen LogP contribution in [0.1, 0.15) is 49.3 Å². The van der Waals surface area contributed by atoms with Crippen LogP contribution in [0.3, 0.4) is 0 Å². The number of pyridine rings is 1. The molecule has 5 aromatic rings. The fraction of sp³-hybridized carbons (Fsp3) is 0.206. The lowest BCUT2D eigenvalue weighted by atomic mass is 9.68. The summed E-state index contributed by atoms with van der Waals surface area (Å²) in [6.07, 6.45) is 0.916. The number of anilines is 2. The molecule has 7 heteroatoms. The lowest BCUT2D eigenvalue weighted by molar-refractivity contribution is -0.118. The van der Waals surface area contributed by atoms with Gasteiger partial charge < -0.3 is 9.52 Å². The van der Waals surface area contributed by atoms with Gasteiger partial charge in [0.2, 0.25) is 0 Å². The smallest absolute Gasteiger partial charge is 0.344 e. The van der Waals surface area contributed by atoms with Crippen LogP contribution in [0.25, 0.3) is 21.9 Å². The summed E-state index contributed by atoms with van der Waals surface area (Å²) in [5.41, 5.74) is 4.09. The number of halogens is 1. The van der Waals surface area contributed by atoms with E-state index in [1.807, 2.05) is 55.5 Å². The van der Waals surface area contributed by atoms with E-state index in [1.165, 1.54) is 0 Å². The summed E-state index contributed by atoms with van der Waals surface area (Å²) < 4.78 is 6.68. The first kappa shape index (κ1) is 25.7. The Kier molecular flexibility index (Phi) is 5.74. The summed E-state index contributed by atoms with van der Waals surface area (Å²) in [5.74, 6) is -0.428. The van der Waals surface area contributed by atoms with Crippen LogP contribution in [0.5, 0.6) is 5.75 Å². The molecular weight excluding hydrogens is 580 g/mol. The first-order chi connectivity index (χ1) is 19.6. The molecule has 0 amide bonds. The first-order valence-electron chi connectivity index (χ1n) is 13.6. The molecule has 0 spiro atoms. The standard InChI is InChI=1S/C34H27BrN2O4/c1-18-8-13-24-19(14-18)15-23-28(30-31(39)22-6-4-5-7-27(22)41-33(30)40)29-25(16-34(2,3)17-26(29)38)37(32(23)36-24)21-11-9-20(35)10-12-21/h4-15,28,39H,16-17H2,1-3H3. The Morgan fingerprint density at radius 1 is 1.00 bits per heavy atom. The highest BCUT2D eigenvalue weighted by atomic mass is 79.9. The third-order valence-corrected chi connectivity index (χ3v) is 8.68. The molecule has 3 aromatic carbocycles. The number of para-hydroxylation sites is 1. The number of hydrogen-bond acceptors (Lipinski definition) is 6. The highest BCUT2D eigenvalue weighted by Crippen LogP contribution is 2.54. The van der Waals surface area contributed by atoms with E-state index in [1.54, 1.807) is 24.3 Å². The van der Waals surface area contributed by atoms with Crippen LogP contribution in [0.15, 0.2) is 97.8 Å². The lowest BCUT2D eigenvalue weighted by Crippen LogP contribution is -2.39. The van der Waals surface area contributed by atoms with Gasteiger partial charge in [0.1, 0.15) is 17.2 Å². The Hall–Kier alpha value is -4.23. The molecule has 2 aromatic heterocycles. The molecule has 1 unspecified atom stereocenters. The van der Waals surface area contributed by atoms with Crippen molar-refractivity contribution in [3.63, 3.8) is 0 Å². The second kappa shape index (κ2) is 9.14. The number of hydrogen-bond donors (Lipinski definition) is 1. The summed E-state index contributed by atoms with van der Waals surface area (Å²) in [6, 6.07) is 22.9. The Balaban J connectivity index is 1.62. The molecule has 6 nitrogen and oxygen atoms in total. The number of carbonyl (C=O) groups is 1. The molecule has 1 aliphatic carbocycles. The van der Waals surface area contributed by atoms with Crippen LogP contribution >= 0.6 is 15.9 Å². The van der Waals surface area contributed by atoms with Crippen molar-refractivity contribution in [2.24, 2.45) is 5.41 Å². The molecule has 0 fully saturated rings. The molecule has 0 bridgehead atoms. The van der Waals surface area contributed by atoms with Gasteiger partial charge >= 0.3 is 5.63 Å². The summed E-state index contributed by atoms with van der Waals surface area (Å²) >= 11 is 3.54. The second-order valence-corrected chi connectivity index (χ2v) is 12.7. The molecule has 1 atom stereocenters. The number of fused-ring (bicyclic) bond motifs is 3. The van der Waals surface area contributed by atoms with E-state index in [9.17, 15) is 14.7 Å². The van der Waals surface area contributed by atoms with Gasteiger partial charge in [0.15, 0.2) is 5.78 Å². The lowest BCUT2D eigenvalue weighted by Gasteiger charge is -2.44. The minimum absolute atomic E-state index is 0.0506. The van der Waals surface area contributed by atoms with Crippen molar-refractivity contribution in [3.8, 4) is 5.75 Å². The number of Topliss-reactive ketones (excluding diaryl/α,β-unsaturated/α-hetero) is 1. The normalized spacial score (nSPS) is 18.1. The SMILES string of the molecule is Cc1ccc2nc3c(cc2c1)C(c1c(O)c2ccccc2oc1=O)C1=C(CC(C)(C)CC1=O)N3c1ccc(Br)cc1. The zero-order valence-corrected chi connectivity index (χ0v) is 24.5. The number of allylic oxidation sites excluding steroid dienone is 2. The van der Waals surface area contributed by atoms with Gasteiger partial charge in [0.05, 0.1) is 22.4 Å². The predicted molar refractivity (Wildman–Crippen MR) is 164 cm³/mol. The van der Waals surface area contributed by atoms with Crippen LogP contribution < -0.4 is 10.5 Å². The number of benzene rings is 3. The van der Waals surface area contributed by atoms with Crippen molar-refractivity contribution >= 4 is 55.1 Å². The van der Waals surface area contributed by atoms with Crippen LogP contribution in [0, 0.1) is 12.3 Å². The fourth-order valence-corrected chi connectivity index (χ4v) is 6.64. The summed E-state index contributed by atoms with van der Waals surface area (Å²) in [7, 11) is 0. The van der Waals surface area contributed by atoms with Crippen molar-refractivity contribution in [3.05, 3.63) is 116 Å². The van der Waals surface area contributed by atoms with Gasteiger partial charge in [-0.25, -0.2) is 9.78 Å². The number of aromatic hydroxyl groups is 1. The molecule has 3 heterocycles. The number of ketones is 1. The fourth-order valence-electron chi connectivity index (χ4n) is 6.38. The number of nitrogens with zero attached hydrogens (tertiary/aromatic N) is 2. The van der Waals surface area contributed by atoms with Crippen molar-refractivity contribution in [1.29, 1.82) is 0 Å². The Labute approximate surface area is 245 Å². The Morgan fingerprint density at radius 2 is 1.76 bits per heavy atom. The molecule has 204 valence electrons. The number of rotatable bonds is 2. The number of aryl methyl sites for hydroxylation is 1. The topological polar surface area (TPSA) is 83.6 Å². The molecule has 1 aliphatic heterocycles. The van der Waals surface area contributed by atoms with Gasteiger partial charge in [-0.3, -0.25) is 9.69 Å². The van der Waals surface area contributed by atoms with E-state index in [4.69, 9.17) is 9.40 Å². The average Bonchev–Trinajstić information content (AvgIpc) is 2.92. The van der Waals surface area contributed by atoms with E-state index in [2.05, 4.69) is 34.7 Å². The molecule has 1 N–H and O–H groups in total. The molecule has 41 heavy (non-hydrogen) atoms. The van der Waals surface area contributed by atoms with Gasteiger partial charge in [-0.1, -0.05) is 53.5 Å². The maximum atomic E-state index is 14.1. The third-order valence-electron chi connectivity index (χ3n) is 8.15. The van der Waals surface area contributed by atoms with Crippen LogP contribution in [-0.2, 0) is 4.79 Å². The van der Waals surface area contributed by atoms with Crippen LogP contribution in [-0.4, -0.2) is 15.9 Å². The second-order valence-electron chi connectivity index (χ2n) is 11.8. The van der Waals surface area contributed by atoms with Crippen LogP contribution in [0.2, 0.25) is 0 Å². The monoisotopic (exact) mass is 606 g/mol.